The first-order chi connectivity index (χ1) is 13.3. The molecule has 2 aromatic rings. The highest BCUT2D eigenvalue weighted by molar-refractivity contribution is 6.34. The zero-order valence-corrected chi connectivity index (χ0v) is 15.9. The summed E-state index contributed by atoms with van der Waals surface area (Å²) in [4.78, 5) is 11.6. The van der Waals surface area contributed by atoms with Crippen molar-refractivity contribution in [3.63, 3.8) is 0 Å². The third-order valence-electron chi connectivity index (χ3n) is 3.70. The Labute approximate surface area is 172 Å². The van der Waals surface area contributed by atoms with Gasteiger partial charge in [-0.15, -0.1) is 0 Å². The number of allylic oxidation sites excluding steroid dienone is 1. The van der Waals surface area contributed by atoms with Gasteiger partial charge in [0.25, 0.3) is 5.91 Å². The van der Waals surface area contributed by atoms with Gasteiger partial charge in [-0.05, 0) is 41.5 Å². The normalized spacial score (nSPS) is 13.5. The van der Waals surface area contributed by atoms with Crippen LogP contribution in [0.5, 0.6) is 0 Å². The number of rotatable bonds is 5. The van der Waals surface area contributed by atoms with E-state index >= 15 is 0 Å². The Morgan fingerprint density at radius 2 is 1.52 bits per heavy atom. The van der Waals surface area contributed by atoms with Crippen molar-refractivity contribution in [3.05, 3.63) is 75.3 Å². The molecule has 0 saturated carbocycles. The van der Waals surface area contributed by atoms with Crippen molar-refractivity contribution in [3.8, 4) is 0 Å². The van der Waals surface area contributed by atoms with Gasteiger partial charge < -0.3 is 5.32 Å². The number of halogens is 8. The summed E-state index contributed by atoms with van der Waals surface area (Å²) in [6.45, 7) is -1.48. The van der Waals surface area contributed by atoms with Crippen LogP contribution in [0.3, 0.4) is 0 Å². The Morgan fingerprint density at radius 1 is 0.966 bits per heavy atom. The summed E-state index contributed by atoms with van der Waals surface area (Å²) in [5.41, 5.74) is 0.120. The Hall–Kier alpha value is -2.19. The first-order valence-electron chi connectivity index (χ1n) is 8.01. The minimum Gasteiger partial charge on any atom is -0.343 e. The number of nitrogens with one attached hydrogen (secondary N) is 1. The van der Waals surface area contributed by atoms with Crippen LogP contribution >= 0.6 is 23.2 Å². The standard InChI is InChI=1S/C19H13Cl2F6NO/c20-14-7-13(8-15(21)9-14)16(19(25,26)27)6-3-11-1-4-12(5-2-11)17(29)28-10-18(22,23)24/h1-9,16H,10H2,(H,28,29). The maximum Gasteiger partial charge on any atom is 0.405 e. The van der Waals surface area contributed by atoms with Gasteiger partial charge in [0.15, 0.2) is 0 Å². The minimum absolute atomic E-state index is 0.0552. The number of carbonyl (C=O) groups is 1. The molecule has 0 aromatic heterocycles. The molecule has 1 unspecified atom stereocenters. The molecule has 156 valence electrons. The van der Waals surface area contributed by atoms with Crippen molar-refractivity contribution in [1.82, 2.24) is 5.32 Å². The van der Waals surface area contributed by atoms with E-state index in [2.05, 4.69) is 0 Å². The molecule has 1 amide bonds. The van der Waals surface area contributed by atoms with Gasteiger partial charge >= 0.3 is 12.4 Å². The molecule has 0 heterocycles. The Bertz CT molecular complexity index is 871. The van der Waals surface area contributed by atoms with E-state index < -0.39 is 30.7 Å². The minimum atomic E-state index is -4.61. The summed E-state index contributed by atoms with van der Waals surface area (Å²) in [6.07, 6.45) is -7.07. The second-order valence-corrected chi connectivity index (χ2v) is 6.87. The molecule has 0 aliphatic rings. The first kappa shape index (κ1) is 23.1. The molecule has 10 heteroatoms. The zero-order chi connectivity index (χ0) is 21.8. The maximum atomic E-state index is 13.4. The topological polar surface area (TPSA) is 29.1 Å². The molecule has 1 N–H and O–H groups in total. The highest BCUT2D eigenvalue weighted by Gasteiger charge is 2.39. The van der Waals surface area contributed by atoms with Gasteiger partial charge in [0.1, 0.15) is 6.54 Å². The number of benzene rings is 2. The van der Waals surface area contributed by atoms with Gasteiger partial charge in [-0.2, -0.15) is 26.3 Å². The predicted octanol–water partition coefficient (Wildman–Crippen LogP) is 6.64. The zero-order valence-electron chi connectivity index (χ0n) is 14.4. The molecule has 2 rings (SSSR count). The maximum absolute atomic E-state index is 13.4. The molecular formula is C19H13Cl2F6NO. The van der Waals surface area contributed by atoms with Crippen LogP contribution in [0.2, 0.25) is 10.0 Å². The number of hydrogen-bond acceptors (Lipinski definition) is 1. The highest BCUT2D eigenvalue weighted by atomic mass is 35.5. The van der Waals surface area contributed by atoms with E-state index in [4.69, 9.17) is 23.2 Å². The Kier molecular flexibility index (Phi) is 7.24. The molecule has 0 saturated heterocycles. The van der Waals surface area contributed by atoms with Crippen LogP contribution in [0.25, 0.3) is 6.08 Å². The Balaban J connectivity index is 2.18. The van der Waals surface area contributed by atoms with E-state index in [9.17, 15) is 31.1 Å². The second kappa shape index (κ2) is 9.09. The molecule has 0 aliphatic heterocycles. The van der Waals surface area contributed by atoms with E-state index in [0.29, 0.717) is 5.56 Å². The highest BCUT2D eigenvalue weighted by Crippen LogP contribution is 2.38. The van der Waals surface area contributed by atoms with Gasteiger partial charge in [-0.1, -0.05) is 47.5 Å². The van der Waals surface area contributed by atoms with E-state index in [1.165, 1.54) is 36.4 Å². The fourth-order valence-corrected chi connectivity index (χ4v) is 2.94. The fourth-order valence-electron chi connectivity index (χ4n) is 2.40. The number of amides is 1. The van der Waals surface area contributed by atoms with Crippen molar-refractivity contribution < 1.29 is 31.1 Å². The van der Waals surface area contributed by atoms with Gasteiger partial charge in [0, 0.05) is 15.6 Å². The summed E-state index contributed by atoms with van der Waals surface area (Å²) in [5, 5.41) is 1.82. The largest absolute Gasteiger partial charge is 0.405 e. The third-order valence-corrected chi connectivity index (χ3v) is 4.14. The quantitative estimate of drug-likeness (QED) is 0.502. The predicted molar refractivity (Wildman–Crippen MR) is 99.1 cm³/mol. The summed E-state index contributed by atoms with van der Waals surface area (Å²) in [5.74, 6) is -2.92. The average Bonchev–Trinajstić information content (AvgIpc) is 2.58. The van der Waals surface area contributed by atoms with Gasteiger partial charge in [0.05, 0.1) is 5.92 Å². The van der Waals surface area contributed by atoms with Crippen LogP contribution in [-0.2, 0) is 0 Å². The molecule has 2 nitrogen and oxygen atoms in total. The van der Waals surface area contributed by atoms with Crippen LogP contribution in [0.15, 0.2) is 48.5 Å². The summed E-state index contributed by atoms with van der Waals surface area (Å²) >= 11 is 11.6. The van der Waals surface area contributed by atoms with Crippen molar-refractivity contribution in [2.45, 2.75) is 18.3 Å². The van der Waals surface area contributed by atoms with Crippen molar-refractivity contribution in [2.24, 2.45) is 0 Å². The van der Waals surface area contributed by atoms with Crippen LogP contribution in [0, 0.1) is 0 Å². The number of alkyl halides is 6. The van der Waals surface area contributed by atoms with Gasteiger partial charge in [0.2, 0.25) is 0 Å². The Morgan fingerprint density at radius 3 is 2.00 bits per heavy atom. The first-order valence-corrected chi connectivity index (χ1v) is 8.77. The lowest BCUT2D eigenvalue weighted by molar-refractivity contribution is -0.139. The lowest BCUT2D eigenvalue weighted by Gasteiger charge is -2.18. The van der Waals surface area contributed by atoms with Crippen LogP contribution in [0.4, 0.5) is 26.3 Å². The number of carbonyl (C=O) groups excluding carboxylic acids is 1. The number of hydrogen-bond donors (Lipinski definition) is 1. The molecule has 0 aliphatic carbocycles. The molecular weight excluding hydrogens is 443 g/mol. The van der Waals surface area contributed by atoms with E-state index in [1.807, 2.05) is 0 Å². The van der Waals surface area contributed by atoms with Crippen molar-refractivity contribution in [1.29, 1.82) is 0 Å². The second-order valence-electron chi connectivity index (χ2n) is 6.00. The van der Waals surface area contributed by atoms with Crippen molar-refractivity contribution in [2.75, 3.05) is 6.54 Å². The third kappa shape index (κ3) is 7.29. The average molecular weight is 456 g/mol. The van der Waals surface area contributed by atoms with Gasteiger partial charge in [-0.25, -0.2) is 0 Å². The lowest BCUT2D eigenvalue weighted by atomic mass is 9.97. The molecule has 0 fully saturated rings. The monoisotopic (exact) mass is 455 g/mol. The van der Waals surface area contributed by atoms with E-state index in [1.54, 1.807) is 5.32 Å². The SMILES string of the molecule is O=C(NCC(F)(F)F)c1ccc(C=CC(c2cc(Cl)cc(Cl)c2)C(F)(F)F)cc1. The fraction of sp³-hybridized carbons (Fsp3) is 0.211. The summed E-state index contributed by atoms with van der Waals surface area (Å²) in [6, 6.07) is 8.68. The smallest absolute Gasteiger partial charge is 0.343 e. The van der Waals surface area contributed by atoms with E-state index in [-0.39, 0.29) is 21.2 Å². The van der Waals surface area contributed by atoms with Crippen LogP contribution < -0.4 is 5.32 Å². The van der Waals surface area contributed by atoms with Crippen LogP contribution in [-0.4, -0.2) is 24.8 Å². The van der Waals surface area contributed by atoms with Crippen molar-refractivity contribution >= 4 is 35.2 Å². The summed E-state index contributed by atoms with van der Waals surface area (Å²) in [7, 11) is 0. The van der Waals surface area contributed by atoms with Crippen LogP contribution in [0.1, 0.15) is 27.4 Å². The molecule has 1 atom stereocenters. The molecule has 2 aromatic carbocycles. The molecule has 0 spiro atoms. The summed E-state index contributed by atoms with van der Waals surface area (Å²) < 4.78 is 76.7. The van der Waals surface area contributed by atoms with E-state index in [0.717, 1.165) is 18.2 Å². The molecule has 29 heavy (non-hydrogen) atoms. The molecule has 0 radical (unpaired) electrons. The molecule has 0 bridgehead atoms. The lowest BCUT2D eigenvalue weighted by Crippen LogP contribution is -2.33. The van der Waals surface area contributed by atoms with Gasteiger partial charge in [-0.3, -0.25) is 4.79 Å².